The molecular weight excluding hydrogens is 338 g/mol. The fourth-order valence-corrected chi connectivity index (χ4v) is 3.10. The number of urea groups is 1. The molecule has 0 atom stereocenters. The van der Waals surface area contributed by atoms with Gasteiger partial charge < -0.3 is 5.32 Å². The van der Waals surface area contributed by atoms with E-state index in [1.807, 2.05) is 35.0 Å². The zero-order chi connectivity index (χ0) is 17.2. The highest BCUT2D eigenvalue weighted by Crippen LogP contribution is 2.40. The highest BCUT2D eigenvalue weighted by Gasteiger charge is 2.30. The molecule has 0 saturated heterocycles. The van der Waals surface area contributed by atoms with Crippen molar-refractivity contribution < 1.29 is 9.59 Å². The highest BCUT2D eigenvalue weighted by atomic mass is 32.2. The zero-order valence-electron chi connectivity index (χ0n) is 13.6. The Balaban J connectivity index is 1.39. The molecule has 0 unspecified atom stereocenters. The van der Waals surface area contributed by atoms with Gasteiger partial charge in [-0.1, -0.05) is 30.0 Å². The van der Waals surface area contributed by atoms with Crippen LogP contribution in [0.25, 0.3) is 5.69 Å². The summed E-state index contributed by atoms with van der Waals surface area (Å²) in [6.45, 7) is 0. The van der Waals surface area contributed by atoms with Crippen LogP contribution in [0.1, 0.15) is 37.4 Å². The van der Waals surface area contributed by atoms with Gasteiger partial charge in [0.05, 0.1) is 11.4 Å². The second-order valence-electron chi connectivity index (χ2n) is 6.36. The minimum atomic E-state index is -0.422. The van der Waals surface area contributed by atoms with Gasteiger partial charge in [-0.15, -0.1) is 5.10 Å². The zero-order valence-corrected chi connectivity index (χ0v) is 14.5. The number of rotatable bonds is 6. The monoisotopic (exact) mass is 357 g/mol. The largest absolute Gasteiger partial charge is 0.335 e. The number of hydrogen-bond donors (Lipinski definition) is 2. The minimum absolute atomic E-state index is 0.112. The number of amides is 3. The average molecular weight is 357 g/mol. The highest BCUT2D eigenvalue weighted by molar-refractivity contribution is 7.99. The van der Waals surface area contributed by atoms with Crippen molar-refractivity contribution in [3.05, 3.63) is 36.2 Å². The summed E-state index contributed by atoms with van der Waals surface area (Å²) in [6, 6.07) is 9.68. The first-order valence-electron chi connectivity index (χ1n) is 8.44. The summed E-state index contributed by atoms with van der Waals surface area (Å²) in [5, 5.41) is 10.2. The Hall–Kier alpha value is -2.35. The van der Waals surface area contributed by atoms with Crippen LogP contribution in [0.4, 0.5) is 4.79 Å². The fourth-order valence-electron chi connectivity index (χ4n) is 2.47. The van der Waals surface area contributed by atoms with Crippen LogP contribution in [0.3, 0.4) is 0 Å². The van der Waals surface area contributed by atoms with Crippen LogP contribution in [0.15, 0.2) is 35.5 Å². The predicted octanol–water partition coefficient (Wildman–Crippen LogP) is 2.22. The Kier molecular flexibility index (Phi) is 4.44. The molecule has 2 aromatic rings. The standard InChI is InChI=1S/C17H19N5O2S/c23-14(19-16(24)18-12-8-9-12)10-25-17-20-15(11-6-7-11)22(21-17)13-4-2-1-3-5-13/h1-5,11-12H,6-10H2,(H2,18,19,23,24). The second-order valence-corrected chi connectivity index (χ2v) is 7.30. The minimum Gasteiger partial charge on any atom is -0.335 e. The fraction of sp³-hybridized carbons (Fsp3) is 0.412. The summed E-state index contributed by atoms with van der Waals surface area (Å²) < 4.78 is 1.86. The molecule has 4 rings (SSSR count). The molecule has 3 amide bonds. The third-order valence-corrected chi connectivity index (χ3v) is 4.89. The van der Waals surface area contributed by atoms with E-state index in [4.69, 9.17) is 0 Å². The Labute approximate surface area is 149 Å². The molecule has 7 nitrogen and oxygen atoms in total. The lowest BCUT2D eigenvalue weighted by atomic mass is 10.3. The summed E-state index contributed by atoms with van der Waals surface area (Å²) in [4.78, 5) is 28.0. The molecule has 0 spiro atoms. The van der Waals surface area contributed by atoms with Gasteiger partial charge in [0.1, 0.15) is 5.82 Å². The van der Waals surface area contributed by atoms with Crippen molar-refractivity contribution in [3.8, 4) is 5.69 Å². The normalized spacial score (nSPS) is 16.5. The Morgan fingerprint density at radius 2 is 1.92 bits per heavy atom. The molecule has 0 aliphatic heterocycles. The number of carbonyl (C=O) groups is 2. The molecule has 2 fully saturated rings. The molecule has 2 N–H and O–H groups in total. The van der Waals surface area contributed by atoms with Gasteiger partial charge in [-0.05, 0) is 37.8 Å². The maximum Gasteiger partial charge on any atom is 0.321 e. The molecule has 0 radical (unpaired) electrons. The quantitative estimate of drug-likeness (QED) is 0.774. The van der Waals surface area contributed by atoms with Crippen molar-refractivity contribution in [1.82, 2.24) is 25.4 Å². The van der Waals surface area contributed by atoms with Crippen LogP contribution in [0, 0.1) is 0 Å². The van der Waals surface area contributed by atoms with Crippen molar-refractivity contribution in [1.29, 1.82) is 0 Å². The first-order valence-corrected chi connectivity index (χ1v) is 9.43. The van der Waals surface area contributed by atoms with Gasteiger partial charge in [0.15, 0.2) is 0 Å². The van der Waals surface area contributed by atoms with Gasteiger partial charge in [0, 0.05) is 12.0 Å². The number of nitrogens with zero attached hydrogens (tertiary/aromatic N) is 3. The van der Waals surface area contributed by atoms with E-state index in [9.17, 15) is 9.59 Å². The Morgan fingerprint density at radius 1 is 1.16 bits per heavy atom. The van der Waals surface area contributed by atoms with Gasteiger partial charge in [0.25, 0.3) is 0 Å². The topological polar surface area (TPSA) is 88.9 Å². The third kappa shape index (κ3) is 4.19. The maximum atomic E-state index is 11.9. The molecule has 8 heteroatoms. The van der Waals surface area contributed by atoms with Crippen molar-refractivity contribution in [2.75, 3.05) is 5.75 Å². The van der Waals surface area contributed by atoms with E-state index in [2.05, 4.69) is 20.7 Å². The maximum absolute atomic E-state index is 11.9. The lowest BCUT2D eigenvalue weighted by Gasteiger charge is -2.04. The summed E-state index contributed by atoms with van der Waals surface area (Å²) >= 11 is 1.24. The van der Waals surface area contributed by atoms with Crippen molar-refractivity contribution in [2.45, 2.75) is 42.8 Å². The van der Waals surface area contributed by atoms with E-state index in [1.165, 1.54) is 11.8 Å². The molecule has 130 valence electrons. The number of benzene rings is 1. The third-order valence-electron chi connectivity index (χ3n) is 4.05. The van der Waals surface area contributed by atoms with Crippen LogP contribution in [-0.2, 0) is 4.79 Å². The van der Waals surface area contributed by atoms with Gasteiger partial charge in [-0.25, -0.2) is 14.5 Å². The SMILES string of the molecule is O=C(CSc1nc(C2CC2)n(-c2ccccc2)n1)NC(=O)NC1CC1. The molecule has 2 aliphatic carbocycles. The first-order chi connectivity index (χ1) is 12.2. The molecule has 2 aliphatic rings. The number of aromatic nitrogens is 3. The van der Waals surface area contributed by atoms with Crippen LogP contribution in [0.5, 0.6) is 0 Å². The van der Waals surface area contributed by atoms with Crippen molar-refractivity contribution in [2.24, 2.45) is 0 Å². The van der Waals surface area contributed by atoms with Crippen LogP contribution < -0.4 is 10.6 Å². The summed E-state index contributed by atoms with van der Waals surface area (Å²) in [5.74, 6) is 1.16. The number of nitrogens with one attached hydrogen (secondary N) is 2. The molecule has 1 aromatic heterocycles. The number of imide groups is 1. The Morgan fingerprint density at radius 3 is 2.60 bits per heavy atom. The average Bonchev–Trinajstić information content (AvgIpc) is 3.54. The van der Waals surface area contributed by atoms with E-state index in [1.54, 1.807) is 0 Å². The molecule has 25 heavy (non-hydrogen) atoms. The number of thioether (sulfide) groups is 1. The molecule has 2 saturated carbocycles. The summed E-state index contributed by atoms with van der Waals surface area (Å²) in [5.41, 5.74) is 0.969. The molecular formula is C17H19N5O2S. The van der Waals surface area contributed by atoms with Gasteiger partial charge >= 0.3 is 6.03 Å². The van der Waals surface area contributed by atoms with Crippen molar-refractivity contribution in [3.63, 3.8) is 0 Å². The van der Waals surface area contributed by atoms with E-state index < -0.39 is 6.03 Å². The van der Waals surface area contributed by atoms with Crippen molar-refractivity contribution >= 4 is 23.7 Å². The van der Waals surface area contributed by atoms with Crippen LogP contribution >= 0.6 is 11.8 Å². The van der Waals surface area contributed by atoms with E-state index in [-0.39, 0.29) is 17.7 Å². The van der Waals surface area contributed by atoms with E-state index in [0.29, 0.717) is 11.1 Å². The van der Waals surface area contributed by atoms with Gasteiger partial charge in [-0.3, -0.25) is 10.1 Å². The molecule has 0 bridgehead atoms. The van der Waals surface area contributed by atoms with Gasteiger partial charge in [-0.2, -0.15) is 0 Å². The lowest BCUT2D eigenvalue weighted by molar-refractivity contribution is -0.117. The number of hydrogen-bond acceptors (Lipinski definition) is 5. The summed E-state index contributed by atoms with van der Waals surface area (Å²) in [7, 11) is 0. The van der Waals surface area contributed by atoms with Crippen LogP contribution in [-0.4, -0.2) is 38.5 Å². The summed E-state index contributed by atoms with van der Waals surface area (Å²) in [6.07, 6.45) is 4.22. The lowest BCUT2D eigenvalue weighted by Crippen LogP contribution is -2.41. The van der Waals surface area contributed by atoms with Crippen LogP contribution in [0.2, 0.25) is 0 Å². The van der Waals surface area contributed by atoms with E-state index in [0.717, 1.165) is 37.2 Å². The van der Waals surface area contributed by atoms with Gasteiger partial charge in [0.2, 0.25) is 11.1 Å². The molecule has 1 heterocycles. The first kappa shape index (κ1) is 16.1. The number of para-hydroxylation sites is 1. The number of carbonyl (C=O) groups excluding carboxylic acids is 2. The second kappa shape index (κ2) is 6.87. The predicted molar refractivity (Wildman–Crippen MR) is 93.8 cm³/mol. The molecule has 1 aromatic carbocycles. The van der Waals surface area contributed by atoms with E-state index >= 15 is 0 Å². The smallest absolute Gasteiger partial charge is 0.321 e. The Bertz CT molecular complexity index is 784.